The Hall–Kier alpha value is -1.80. The summed E-state index contributed by atoms with van der Waals surface area (Å²) in [5.41, 5.74) is 6.51. The van der Waals surface area contributed by atoms with Crippen molar-refractivity contribution >= 4 is 23.8 Å². The number of hydrogen-bond donors (Lipinski definition) is 3. The van der Waals surface area contributed by atoms with Crippen molar-refractivity contribution in [3.05, 3.63) is 35.6 Å². The Balaban J connectivity index is 1.40. The van der Waals surface area contributed by atoms with Crippen LogP contribution in [0.4, 0.5) is 16.3 Å². The normalized spacial score (nSPS) is 16.1. The zero-order valence-corrected chi connectivity index (χ0v) is 12.9. The molecule has 0 amide bonds. The number of nitrogen functional groups attached to an aromatic ring is 1. The van der Waals surface area contributed by atoms with Crippen LogP contribution in [0.3, 0.4) is 0 Å². The molecular formula is C14H19FN6S. The van der Waals surface area contributed by atoms with E-state index in [1.54, 1.807) is 24.1 Å². The number of H-pyrrole nitrogens is 1. The number of nitrogens with one attached hydrogen (secondary N) is 2. The number of nitrogens with zero attached hydrogens (tertiary/aromatic N) is 3. The lowest BCUT2D eigenvalue weighted by Gasteiger charge is -2.31. The van der Waals surface area contributed by atoms with E-state index in [4.69, 9.17) is 5.73 Å². The Morgan fingerprint density at radius 2 is 2.23 bits per heavy atom. The van der Waals surface area contributed by atoms with Gasteiger partial charge in [-0.1, -0.05) is 24.1 Å². The van der Waals surface area contributed by atoms with Gasteiger partial charge in [0.15, 0.2) is 0 Å². The lowest BCUT2D eigenvalue weighted by atomic mass is 10.1. The highest BCUT2D eigenvalue weighted by Gasteiger charge is 2.21. The van der Waals surface area contributed by atoms with E-state index >= 15 is 0 Å². The van der Waals surface area contributed by atoms with Gasteiger partial charge in [-0.25, -0.2) is 9.49 Å². The molecule has 8 heteroatoms. The first-order valence-electron chi connectivity index (χ1n) is 7.25. The van der Waals surface area contributed by atoms with Crippen molar-refractivity contribution in [3.8, 4) is 0 Å². The lowest BCUT2D eigenvalue weighted by molar-refractivity contribution is 0.474. The van der Waals surface area contributed by atoms with Crippen molar-refractivity contribution in [1.29, 1.82) is 0 Å². The number of hydrogen-bond acceptors (Lipinski definition) is 6. The van der Waals surface area contributed by atoms with Crippen LogP contribution in [0.25, 0.3) is 0 Å². The fourth-order valence-corrected chi connectivity index (χ4v) is 3.39. The highest BCUT2D eigenvalue weighted by molar-refractivity contribution is 7.96. The molecule has 0 saturated carbocycles. The van der Waals surface area contributed by atoms with Crippen molar-refractivity contribution in [2.75, 3.05) is 23.7 Å². The smallest absolute Gasteiger partial charge is 0.241 e. The average molecular weight is 322 g/mol. The molecule has 0 spiro atoms. The molecule has 1 aromatic carbocycles. The van der Waals surface area contributed by atoms with E-state index in [1.165, 1.54) is 6.07 Å². The Morgan fingerprint density at radius 3 is 2.91 bits per heavy atom. The maximum atomic E-state index is 13.1. The first-order valence-corrected chi connectivity index (χ1v) is 8.24. The summed E-state index contributed by atoms with van der Waals surface area (Å²) in [5.74, 6) is 1.60. The van der Waals surface area contributed by atoms with Gasteiger partial charge in [-0.3, -0.25) is 4.72 Å². The molecule has 0 atom stereocenters. The van der Waals surface area contributed by atoms with E-state index < -0.39 is 0 Å². The highest BCUT2D eigenvalue weighted by Crippen LogP contribution is 2.19. The van der Waals surface area contributed by atoms with Gasteiger partial charge in [0.05, 0.1) is 0 Å². The number of piperidine rings is 1. The van der Waals surface area contributed by atoms with Crippen LogP contribution in [-0.2, 0) is 5.75 Å². The van der Waals surface area contributed by atoms with E-state index in [1.807, 2.05) is 6.07 Å². The van der Waals surface area contributed by atoms with Crippen molar-refractivity contribution in [2.24, 2.45) is 0 Å². The van der Waals surface area contributed by atoms with Gasteiger partial charge in [0.2, 0.25) is 11.9 Å². The summed E-state index contributed by atoms with van der Waals surface area (Å²) in [5, 5.41) is 6.69. The monoisotopic (exact) mass is 322 g/mol. The molecule has 118 valence electrons. The molecule has 0 bridgehead atoms. The molecule has 4 N–H and O–H groups in total. The quantitative estimate of drug-likeness (QED) is 0.730. The molecule has 3 rings (SSSR count). The third-order valence-corrected chi connectivity index (χ3v) is 4.64. The molecule has 1 aromatic heterocycles. The van der Waals surface area contributed by atoms with Gasteiger partial charge in [0.1, 0.15) is 5.82 Å². The van der Waals surface area contributed by atoms with Crippen LogP contribution >= 0.6 is 11.9 Å². The molecule has 6 nitrogen and oxygen atoms in total. The van der Waals surface area contributed by atoms with Crippen LogP contribution in [0, 0.1) is 5.82 Å². The van der Waals surface area contributed by atoms with Crippen molar-refractivity contribution < 1.29 is 4.39 Å². The van der Waals surface area contributed by atoms with Gasteiger partial charge in [0, 0.05) is 24.9 Å². The van der Waals surface area contributed by atoms with Crippen LogP contribution in [0.1, 0.15) is 18.4 Å². The van der Waals surface area contributed by atoms with Crippen LogP contribution in [0.5, 0.6) is 0 Å². The Bertz CT molecular complexity index is 611. The second-order valence-corrected chi connectivity index (χ2v) is 6.13. The minimum atomic E-state index is -0.183. The zero-order chi connectivity index (χ0) is 15.4. The summed E-state index contributed by atoms with van der Waals surface area (Å²) >= 11 is 1.63. The minimum Gasteiger partial charge on any atom is -0.366 e. The molecule has 0 aliphatic carbocycles. The standard InChI is InChI=1S/C14H19FN6S/c15-11-3-1-2-10(8-11)9-22-20-12-4-6-21(7-5-12)14-17-13(16)18-19-14/h1-3,8,12,20H,4-7,9H2,(H3,16,17,18,19). The Morgan fingerprint density at radius 1 is 1.41 bits per heavy atom. The second kappa shape index (κ2) is 6.97. The van der Waals surface area contributed by atoms with E-state index in [-0.39, 0.29) is 11.8 Å². The van der Waals surface area contributed by atoms with E-state index in [0.717, 1.165) is 43.2 Å². The fraction of sp³-hybridized carbons (Fsp3) is 0.429. The second-order valence-electron chi connectivity index (χ2n) is 5.31. The van der Waals surface area contributed by atoms with Gasteiger partial charge in [-0.2, -0.15) is 4.98 Å². The van der Waals surface area contributed by atoms with Crippen molar-refractivity contribution in [2.45, 2.75) is 24.6 Å². The molecule has 2 heterocycles. The summed E-state index contributed by atoms with van der Waals surface area (Å²) < 4.78 is 16.6. The molecule has 0 unspecified atom stereocenters. The third kappa shape index (κ3) is 3.89. The topological polar surface area (TPSA) is 82.9 Å². The van der Waals surface area contributed by atoms with Crippen molar-refractivity contribution in [1.82, 2.24) is 19.9 Å². The SMILES string of the molecule is Nc1n[nH]c(N2CCC(NSCc3cccc(F)c3)CC2)n1. The highest BCUT2D eigenvalue weighted by atomic mass is 32.2. The first-order chi connectivity index (χ1) is 10.7. The van der Waals surface area contributed by atoms with Crippen LogP contribution in [-0.4, -0.2) is 34.3 Å². The number of anilines is 2. The molecular weight excluding hydrogens is 303 g/mol. The number of benzene rings is 1. The molecule has 2 aromatic rings. The molecule has 0 radical (unpaired) electrons. The van der Waals surface area contributed by atoms with Crippen molar-refractivity contribution in [3.63, 3.8) is 0 Å². The summed E-state index contributed by atoms with van der Waals surface area (Å²) in [7, 11) is 0. The van der Waals surface area contributed by atoms with Gasteiger partial charge < -0.3 is 10.6 Å². The lowest BCUT2D eigenvalue weighted by Crippen LogP contribution is -2.41. The van der Waals surface area contributed by atoms with Gasteiger partial charge in [-0.15, -0.1) is 5.10 Å². The van der Waals surface area contributed by atoms with E-state index in [2.05, 4.69) is 24.8 Å². The third-order valence-electron chi connectivity index (χ3n) is 3.66. The molecule has 1 aliphatic heterocycles. The number of aromatic amines is 1. The number of nitrogens with two attached hydrogens (primary N) is 1. The number of aromatic nitrogens is 3. The minimum absolute atomic E-state index is 0.183. The summed E-state index contributed by atoms with van der Waals surface area (Å²) in [6.45, 7) is 1.82. The van der Waals surface area contributed by atoms with Gasteiger partial charge in [-0.05, 0) is 30.5 Å². The van der Waals surface area contributed by atoms with Crippen LogP contribution in [0.15, 0.2) is 24.3 Å². The number of rotatable bonds is 5. The Labute approximate surface area is 132 Å². The largest absolute Gasteiger partial charge is 0.366 e. The van der Waals surface area contributed by atoms with E-state index in [0.29, 0.717) is 6.04 Å². The maximum absolute atomic E-state index is 13.1. The summed E-state index contributed by atoms with van der Waals surface area (Å²) in [6.07, 6.45) is 2.05. The van der Waals surface area contributed by atoms with E-state index in [9.17, 15) is 4.39 Å². The van der Waals surface area contributed by atoms with Gasteiger partial charge >= 0.3 is 0 Å². The summed E-state index contributed by atoms with van der Waals surface area (Å²) in [6, 6.07) is 7.18. The maximum Gasteiger partial charge on any atom is 0.241 e. The molecule has 1 fully saturated rings. The molecule has 22 heavy (non-hydrogen) atoms. The predicted octanol–water partition coefficient (Wildman–Crippen LogP) is 1.93. The Kier molecular flexibility index (Phi) is 4.79. The average Bonchev–Trinajstić information content (AvgIpc) is 2.95. The zero-order valence-electron chi connectivity index (χ0n) is 12.1. The van der Waals surface area contributed by atoms with Crippen LogP contribution < -0.4 is 15.4 Å². The molecule has 1 aliphatic rings. The molecule has 1 saturated heterocycles. The van der Waals surface area contributed by atoms with Crippen LogP contribution in [0.2, 0.25) is 0 Å². The fourth-order valence-electron chi connectivity index (χ4n) is 2.49. The first kappa shape index (κ1) is 15.1. The number of halogens is 1. The summed E-state index contributed by atoms with van der Waals surface area (Å²) in [4.78, 5) is 6.30. The van der Waals surface area contributed by atoms with Gasteiger partial charge in [0.25, 0.3) is 0 Å². The predicted molar refractivity (Wildman–Crippen MR) is 86.9 cm³/mol.